The minimum atomic E-state index is -1.57. The van der Waals surface area contributed by atoms with Crippen LogP contribution in [0.3, 0.4) is 0 Å². The van der Waals surface area contributed by atoms with Crippen LogP contribution in [0, 0.1) is 0 Å². The Bertz CT molecular complexity index is 1050. The van der Waals surface area contributed by atoms with Crippen LogP contribution in [-0.2, 0) is 0 Å². The van der Waals surface area contributed by atoms with Gasteiger partial charge in [-0.2, -0.15) is 10.2 Å². The quantitative estimate of drug-likeness (QED) is 0.456. The van der Waals surface area contributed by atoms with Crippen LogP contribution in [0.25, 0.3) is 27.7 Å². The van der Waals surface area contributed by atoms with Crippen LogP contribution in [0.5, 0.6) is 0 Å². The molecule has 2 aromatic carbocycles. The number of benzene rings is 2. The molecule has 0 atom stereocenters. The number of fused-ring (bicyclic) bond motifs is 1. The van der Waals surface area contributed by atoms with Crippen molar-refractivity contribution in [3.8, 4) is 16.8 Å². The summed E-state index contributed by atoms with van der Waals surface area (Å²) in [5.74, 6) is 0. The van der Waals surface area contributed by atoms with Crippen LogP contribution in [-0.4, -0.2) is 42.4 Å². The zero-order chi connectivity index (χ0) is 17.4. The van der Waals surface area contributed by atoms with Crippen molar-refractivity contribution in [2.24, 2.45) is 0 Å². The Labute approximate surface area is 142 Å². The highest BCUT2D eigenvalue weighted by molar-refractivity contribution is 6.58. The second kappa shape index (κ2) is 5.97. The molecule has 122 valence electrons. The molecule has 2 heterocycles. The van der Waals surface area contributed by atoms with Gasteiger partial charge < -0.3 is 15.8 Å². The molecular weight excluding hydrogens is 319 g/mol. The van der Waals surface area contributed by atoms with E-state index in [1.165, 1.54) is 6.20 Å². The van der Waals surface area contributed by atoms with Crippen LogP contribution in [0.1, 0.15) is 0 Å². The Hall–Kier alpha value is -3.30. The normalized spacial score (nSPS) is 11.0. The number of aromatic nitrogens is 5. The van der Waals surface area contributed by atoms with E-state index in [1.807, 2.05) is 18.2 Å². The summed E-state index contributed by atoms with van der Waals surface area (Å²) in [6, 6.07) is 10.7. The van der Waals surface area contributed by atoms with Crippen molar-refractivity contribution in [2.75, 3.05) is 5.73 Å². The van der Waals surface area contributed by atoms with E-state index in [2.05, 4.69) is 20.5 Å². The number of nitrogens with two attached hydrogens (primary N) is 1. The van der Waals surface area contributed by atoms with Crippen LogP contribution in [0.15, 0.2) is 55.0 Å². The smallest absolute Gasteiger partial charge is 0.423 e. The van der Waals surface area contributed by atoms with Gasteiger partial charge in [-0.05, 0) is 29.2 Å². The van der Waals surface area contributed by atoms with Crippen LogP contribution >= 0.6 is 0 Å². The summed E-state index contributed by atoms with van der Waals surface area (Å²) in [4.78, 5) is 0. The number of anilines is 1. The molecule has 0 fully saturated rings. The molecule has 0 aliphatic rings. The Morgan fingerprint density at radius 1 is 1.04 bits per heavy atom. The van der Waals surface area contributed by atoms with Gasteiger partial charge in [-0.1, -0.05) is 23.4 Å². The highest BCUT2D eigenvalue weighted by atomic mass is 16.4. The molecule has 0 saturated carbocycles. The minimum Gasteiger partial charge on any atom is -0.423 e. The summed E-state index contributed by atoms with van der Waals surface area (Å²) in [5.41, 5.74) is 9.82. The summed E-state index contributed by atoms with van der Waals surface area (Å²) in [6.45, 7) is 0. The molecular formula is C16H13BN6O2. The van der Waals surface area contributed by atoms with Crippen LogP contribution in [0.4, 0.5) is 5.69 Å². The molecule has 4 aromatic rings. The predicted molar refractivity (Wildman–Crippen MR) is 94.1 cm³/mol. The van der Waals surface area contributed by atoms with Crippen molar-refractivity contribution < 1.29 is 10.0 Å². The van der Waals surface area contributed by atoms with Gasteiger partial charge in [-0.25, -0.2) is 4.68 Å². The molecule has 0 saturated heterocycles. The molecule has 9 heteroatoms. The molecule has 4 N–H and O–H groups in total. The van der Waals surface area contributed by atoms with Gasteiger partial charge in [0, 0.05) is 10.9 Å². The summed E-state index contributed by atoms with van der Waals surface area (Å²) in [6.07, 6.45) is 4.80. The second-order valence-electron chi connectivity index (χ2n) is 5.53. The maximum absolute atomic E-state index is 9.51. The number of nitrogen functional groups attached to an aromatic ring is 1. The zero-order valence-corrected chi connectivity index (χ0v) is 13.0. The van der Waals surface area contributed by atoms with E-state index in [-0.39, 0.29) is 0 Å². The number of nitrogens with zero attached hydrogens (tertiary/aromatic N) is 5. The molecule has 0 spiro atoms. The highest BCUT2D eigenvalue weighted by Gasteiger charge is 2.16. The predicted octanol–water partition coefficient (Wildman–Crippen LogP) is 0.139. The molecule has 0 unspecified atom stereocenters. The first-order valence-electron chi connectivity index (χ1n) is 7.51. The molecule has 4 rings (SSSR count). The van der Waals surface area contributed by atoms with Crippen molar-refractivity contribution >= 4 is 29.2 Å². The third kappa shape index (κ3) is 2.71. The van der Waals surface area contributed by atoms with E-state index in [4.69, 9.17) is 5.73 Å². The fraction of sp³-hybridized carbons (Fsp3) is 0. The van der Waals surface area contributed by atoms with E-state index in [9.17, 15) is 10.0 Å². The first kappa shape index (κ1) is 15.2. The first-order chi connectivity index (χ1) is 12.1. The van der Waals surface area contributed by atoms with Gasteiger partial charge in [0.1, 0.15) is 0 Å². The SMILES string of the molecule is Nc1cnnc2cc(-c3cc(B(O)O)ccc3-n3ccnn3)ccc12. The zero-order valence-electron chi connectivity index (χ0n) is 13.0. The summed E-state index contributed by atoms with van der Waals surface area (Å²) in [7, 11) is -1.57. The lowest BCUT2D eigenvalue weighted by Crippen LogP contribution is -2.30. The minimum absolute atomic E-state index is 0.373. The van der Waals surface area contributed by atoms with Gasteiger partial charge in [0.25, 0.3) is 0 Å². The molecule has 0 amide bonds. The molecule has 0 radical (unpaired) electrons. The standard InChI is InChI=1S/C16H13BN6O2/c18-14-9-20-21-15-7-10(1-3-12(14)15)13-8-11(17(24)25)2-4-16(13)23-6-5-19-22-23/h1-9,24-25H,(H2,18,21). The van der Waals surface area contributed by atoms with Gasteiger partial charge in [-0.3, -0.25) is 0 Å². The fourth-order valence-electron chi connectivity index (χ4n) is 2.73. The average Bonchev–Trinajstić information content (AvgIpc) is 3.15. The van der Waals surface area contributed by atoms with E-state index in [0.29, 0.717) is 16.7 Å². The van der Waals surface area contributed by atoms with Gasteiger partial charge >= 0.3 is 7.12 Å². The fourth-order valence-corrected chi connectivity index (χ4v) is 2.73. The lowest BCUT2D eigenvalue weighted by Gasteiger charge is -2.12. The Balaban J connectivity index is 1.95. The Morgan fingerprint density at radius 2 is 1.92 bits per heavy atom. The van der Waals surface area contributed by atoms with Gasteiger partial charge in [0.05, 0.1) is 35.5 Å². The lowest BCUT2D eigenvalue weighted by molar-refractivity contribution is 0.426. The van der Waals surface area contributed by atoms with E-state index in [1.54, 1.807) is 35.3 Å². The monoisotopic (exact) mass is 332 g/mol. The van der Waals surface area contributed by atoms with Crippen LogP contribution < -0.4 is 11.2 Å². The van der Waals surface area contributed by atoms with Gasteiger partial charge in [0.15, 0.2) is 0 Å². The third-order valence-electron chi connectivity index (χ3n) is 3.97. The van der Waals surface area contributed by atoms with Crippen molar-refractivity contribution in [3.63, 3.8) is 0 Å². The average molecular weight is 332 g/mol. The molecule has 0 bridgehead atoms. The third-order valence-corrected chi connectivity index (χ3v) is 3.97. The van der Waals surface area contributed by atoms with E-state index in [0.717, 1.165) is 22.2 Å². The van der Waals surface area contributed by atoms with Crippen LogP contribution in [0.2, 0.25) is 0 Å². The number of hydrogen-bond donors (Lipinski definition) is 3. The van der Waals surface area contributed by atoms with E-state index < -0.39 is 7.12 Å². The van der Waals surface area contributed by atoms with Crippen molar-refractivity contribution in [3.05, 3.63) is 55.0 Å². The maximum atomic E-state index is 9.51. The lowest BCUT2D eigenvalue weighted by atomic mass is 9.78. The topological polar surface area (TPSA) is 123 Å². The van der Waals surface area contributed by atoms with Gasteiger partial charge in [0.2, 0.25) is 0 Å². The first-order valence-corrected chi connectivity index (χ1v) is 7.51. The molecule has 8 nitrogen and oxygen atoms in total. The number of rotatable bonds is 3. The number of hydrogen-bond acceptors (Lipinski definition) is 7. The Kier molecular flexibility index (Phi) is 3.64. The molecule has 2 aromatic heterocycles. The maximum Gasteiger partial charge on any atom is 0.488 e. The summed E-state index contributed by atoms with van der Waals surface area (Å²) >= 11 is 0. The van der Waals surface area contributed by atoms with Crippen molar-refractivity contribution in [1.29, 1.82) is 0 Å². The largest absolute Gasteiger partial charge is 0.488 e. The van der Waals surface area contributed by atoms with E-state index >= 15 is 0 Å². The van der Waals surface area contributed by atoms with Gasteiger partial charge in [-0.15, -0.1) is 5.10 Å². The Morgan fingerprint density at radius 3 is 2.68 bits per heavy atom. The summed E-state index contributed by atoms with van der Waals surface area (Å²) in [5, 5.41) is 35.7. The van der Waals surface area contributed by atoms with Crippen molar-refractivity contribution in [1.82, 2.24) is 25.2 Å². The second-order valence-corrected chi connectivity index (χ2v) is 5.53. The molecule has 0 aliphatic heterocycles. The molecule has 0 aliphatic carbocycles. The highest BCUT2D eigenvalue weighted by Crippen LogP contribution is 2.29. The molecule has 25 heavy (non-hydrogen) atoms. The van der Waals surface area contributed by atoms with Crippen molar-refractivity contribution in [2.45, 2.75) is 0 Å². The summed E-state index contributed by atoms with van der Waals surface area (Å²) < 4.78 is 1.61.